The van der Waals surface area contributed by atoms with Crippen LogP contribution in [0.15, 0.2) is 18.2 Å². The largest absolute Gasteiger partial charge is 0.492 e. The fraction of sp³-hybridized carbons (Fsp3) is 0.625. The van der Waals surface area contributed by atoms with Crippen molar-refractivity contribution < 1.29 is 13.9 Å². The lowest BCUT2D eigenvalue weighted by atomic mass is 9.87. The predicted molar refractivity (Wildman–Crippen MR) is 77.9 cm³/mol. The molecule has 0 radical (unpaired) electrons. The Kier molecular flexibility index (Phi) is 5.00. The monoisotopic (exact) mass is 281 g/mol. The average molecular weight is 281 g/mol. The van der Waals surface area contributed by atoms with Crippen molar-refractivity contribution in [2.24, 2.45) is 0 Å². The number of rotatable bonds is 4. The molecule has 1 heterocycles. The molecule has 112 valence electrons. The van der Waals surface area contributed by atoms with Crippen LogP contribution in [0.4, 0.5) is 4.39 Å². The molecule has 0 unspecified atom stereocenters. The molecule has 20 heavy (non-hydrogen) atoms. The number of morpholine rings is 1. The number of benzene rings is 1. The maximum Gasteiger partial charge on any atom is 0.127 e. The highest BCUT2D eigenvalue weighted by Gasteiger charge is 2.16. The molecular weight excluding hydrogens is 257 g/mol. The smallest absolute Gasteiger partial charge is 0.127 e. The summed E-state index contributed by atoms with van der Waals surface area (Å²) >= 11 is 0. The van der Waals surface area contributed by atoms with Gasteiger partial charge in [-0.1, -0.05) is 20.8 Å². The van der Waals surface area contributed by atoms with Crippen molar-refractivity contribution in [2.75, 3.05) is 39.5 Å². The highest BCUT2D eigenvalue weighted by molar-refractivity contribution is 5.33. The maximum atomic E-state index is 13.6. The Balaban J connectivity index is 1.90. The summed E-state index contributed by atoms with van der Waals surface area (Å²) in [4.78, 5) is 2.30. The zero-order valence-corrected chi connectivity index (χ0v) is 12.6. The van der Waals surface area contributed by atoms with E-state index in [1.54, 1.807) is 6.07 Å². The van der Waals surface area contributed by atoms with Gasteiger partial charge >= 0.3 is 0 Å². The van der Waals surface area contributed by atoms with Crippen LogP contribution in [0.25, 0.3) is 0 Å². The highest BCUT2D eigenvalue weighted by Crippen LogP contribution is 2.27. The molecule has 0 atom stereocenters. The normalized spacial score (nSPS) is 17.2. The second-order valence-electron chi connectivity index (χ2n) is 6.23. The third-order valence-electron chi connectivity index (χ3n) is 3.52. The molecule has 0 saturated carbocycles. The molecule has 0 bridgehead atoms. The average Bonchev–Trinajstić information content (AvgIpc) is 2.38. The number of nitrogens with zero attached hydrogens (tertiary/aromatic N) is 1. The third-order valence-corrected chi connectivity index (χ3v) is 3.52. The molecule has 2 rings (SSSR count). The minimum Gasteiger partial charge on any atom is -0.492 e. The second-order valence-corrected chi connectivity index (χ2v) is 6.23. The zero-order chi connectivity index (χ0) is 14.6. The van der Waals surface area contributed by atoms with E-state index in [9.17, 15) is 4.39 Å². The Morgan fingerprint density at radius 2 is 1.90 bits per heavy atom. The number of hydrogen-bond acceptors (Lipinski definition) is 3. The Morgan fingerprint density at radius 3 is 2.55 bits per heavy atom. The van der Waals surface area contributed by atoms with Gasteiger partial charge in [-0.3, -0.25) is 4.90 Å². The van der Waals surface area contributed by atoms with Gasteiger partial charge in [-0.25, -0.2) is 4.39 Å². The number of ether oxygens (including phenoxy) is 2. The van der Waals surface area contributed by atoms with E-state index in [4.69, 9.17) is 9.47 Å². The van der Waals surface area contributed by atoms with E-state index < -0.39 is 0 Å². The van der Waals surface area contributed by atoms with Gasteiger partial charge in [-0.2, -0.15) is 0 Å². The van der Waals surface area contributed by atoms with Crippen molar-refractivity contribution in [1.82, 2.24) is 4.90 Å². The van der Waals surface area contributed by atoms with Gasteiger partial charge < -0.3 is 9.47 Å². The SMILES string of the molecule is CC(C)(C)c1cc(F)cc(OCCN2CCOCC2)c1. The molecule has 4 heteroatoms. The molecule has 1 saturated heterocycles. The van der Waals surface area contributed by atoms with E-state index in [2.05, 4.69) is 25.7 Å². The highest BCUT2D eigenvalue weighted by atomic mass is 19.1. The van der Waals surface area contributed by atoms with E-state index in [-0.39, 0.29) is 11.2 Å². The molecule has 0 amide bonds. The van der Waals surface area contributed by atoms with Gasteiger partial charge in [0.15, 0.2) is 0 Å². The zero-order valence-electron chi connectivity index (χ0n) is 12.6. The first-order valence-corrected chi connectivity index (χ1v) is 7.19. The van der Waals surface area contributed by atoms with Crippen LogP contribution < -0.4 is 4.74 Å². The number of halogens is 1. The van der Waals surface area contributed by atoms with Gasteiger partial charge in [0.05, 0.1) is 13.2 Å². The molecular formula is C16H24FNO2. The molecule has 3 nitrogen and oxygen atoms in total. The number of hydrogen-bond donors (Lipinski definition) is 0. The van der Waals surface area contributed by atoms with Crippen LogP contribution in [0.2, 0.25) is 0 Å². The van der Waals surface area contributed by atoms with Gasteiger partial charge in [0, 0.05) is 25.7 Å². The molecule has 0 N–H and O–H groups in total. The minimum absolute atomic E-state index is 0.0789. The molecule has 1 fully saturated rings. The lowest BCUT2D eigenvalue weighted by molar-refractivity contribution is 0.0322. The topological polar surface area (TPSA) is 21.7 Å². The molecule has 0 aliphatic carbocycles. The first kappa shape index (κ1) is 15.3. The van der Waals surface area contributed by atoms with Gasteiger partial charge in [0.1, 0.15) is 18.2 Å². The molecule has 1 aromatic rings. The van der Waals surface area contributed by atoms with Crippen LogP contribution in [0.3, 0.4) is 0 Å². The maximum absolute atomic E-state index is 13.6. The summed E-state index contributed by atoms with van der Waals surface area (Å²) in [6.45, 7) is 11.1. The van der Waals surface area contributed by atoms with Crippen molar-refractivity contribution in [3.05, 3.63) is 29.6 Å². The Morgan fingerprint density at radius 1 is 1.20 bits per heavy atom. The van der Waals surface area contributed by atoms with Crippen LogP contribution in [0, 0.1) is 5.82 Å². The van der Waals surface area contributed by atoms with Crippen molar-refractivity contribution in [3.63, 3.8) is 0 Å². The molecule has 0 spiro atoms. The molecule has 1 aliphatic heterocycles. The van der Waals surface area contributed by atoms with Crippen molar-refractivity contribution in [3.8, 4) is 5.75 Å². The summed E-state index contributed by atoms with van der Waals surface area (Å²) in [6, 6.07) is 4.96. The van der Waals surface area contributed by atoms with Gasteiger partial charge in [0.2, 0.25) is 0 Å². The van der Waals surface area contributed by atoms with E-state index in [1.807, 2.05) is 6.07 Å². The van der Waals surface area contributed by atoms with E-state index in [0.29, 0.717) is 12.4 Å². The molecule has 0 aromatic heterocycles. The van der Waals surface area contributed by atoms with Crippen LogP contribution in [0.1, 0.15) is 26.3 Å². The summed E-state index contributed by atoms with van der Waals surface area (Å²) in [7, 11) is 0. The van der Waals surface area contributed by atoms with Crippen LogP contribution in [-0.4, -0.2) is 44.4 Å². The third kappa shape index (κ3) is 4.46. The second kappa shape index (κ2) is 6.55. The summed E-state index contributed by atoms with van der Waals surface area (Å²) in [5, 5.41) is 0. The van der Waals surface area contributed by atoms with Gasteiger partial charge in [-0.15, -0.1) is 0 Å². The molecule has 1 aromatic carbocycles. The summed E-state index contributed by atoms with van der Waals surface area (Å²) in [6.07, 6.45) is 0. The van der Waals surface area contributed by atoms with Crippen LogP contribution >= 0.6 is 0 Å². The Labute approximate surface area is 120 Å². The first-order valence-electron chi connectivity index (χ1n) is 7.19. The fourth-order valence-corrected chi connectivity index (χ4v) is 2.20. The van der Waals surface area contributed by atoms with Crippen molar-refractivity contribution in [2.45, 2.75) is 26.2 Å². The van der Waals surface area contributed by atoms with Crippen LogP contribution in [-0.2, 0) is 10.2 Å². The van der Waals surface area contributed by atoms with Crippen molar-refractivity contribution >= 4 is 0 Å². The predicted octanol–water partition coefficient (Wildman–Crippen LogP) is 2.83. The van der Waals surface area contributed by atoms with Gasteiger partial charge in [-0.05, 0) is 23.1 Å². The van der Waals surface area contributed by atoms with E-state index >= 15 is 0 Å². The van der Waals surface area contributed by atoms with Crippen molar-refractivity contribution in [1.29, 1.82) is 0 Å². The Bertz CT molecular complexity index is 437. The van der Waals surface area contributed by atoms with E-state index in [1.165, 1.54) is 6.07 Å². The summed E-state index contributed by atoms with van der Waals surface area (Å²) < 4.78 is 24.6. The summed E-state index contributed by atoms with van der Waals surface area (Å²) in [5.41, 5.74) is 0.878. The van der Waals surface area contributed by atoms with Crippen LogP contribution in [0.5, 0.6) is 5.75 Å². The lowest BCUT2D eigenvalue weighted by Crippen LogP contribution is -2.38. The summed E-state index contributed by atoms with van der Waals surface area (Å²) in [5.74, 6) is 0.377. The van der Waals surface area contributed by atoms with Gasteiger partial charge in [0.25, 0.3) is 0 Å². The fourth-order valence-electron chi connectivity index (χ4n) is 2.20. The Hall–Kier alpha value is -1.13. The quantitative estimate of drug-likeness (QED) is 0.847. The minimum atomic E-state index is -0.237. The first-order chi connectivity index (χ1) is 9.45. The molecule has 1 aliphatic rings. The standard InChI is InChI=1S/C16H24FNO2/c1-16(2,3)13-10-14(17)12-15(11-13)20-9-6-18-4-7-19-8-5-18/h10-12H,4-9H2,1-3H3. The van der Waals surface area contributed by atoms with E-state index in [0.717, 1.165) is 38.4 Å². The lowest BCUT2D eigenvalue weighted by Gasteiger charge is -2.26.